The van der Waals surface area contributed by atoms with E-state index in [1.807, 2.05) is 48.7 Å². The smallest absolute Gasteiger partial charge is 0.248 e. The van der Waals surface area contributed by atoms with Crippen molar-refractivity contribution in [3.05, 3.63) is 112 Å². The number of primary amides is 1. The third-order valence-electron chi connectivity index (χ3n) is 7.00. The van der Waals surface area contributed by atoms with Crippen LogP contribution in [0.2, 0.25) is 0 Å². The zero-order valence-corrected chi connectivity index (χ0v) is 21.4. The first kappa shape index (κ1) is 24.6. The molecule has 1 fully saturated rings. The van der Waals surface area contributed by atoms with Crippen LogP contribution < -0.4 is 16.1 Å². The van der Waals surface area contributed by atoms with Crippen molar-refractivity contribution in [1.82, 2.24) is 19.6 Å². The quantitative estimate of drug-likeness (QED) is 0.353. The molecule has 5 aromatic rings. The predicted molar refractivity (Wildman–Crippen MR) is 150 cm³/mol. The number of hydrogen-bond acceptors (Lipinski definition) is 6. The van der Waals surface area contributed by atoms with Crippen LogP contribution in [0.5, 0.6) is 0 Å². The molecule has 3 heterocycles. The van der Waals surface area contributed by atoms with Crippen molar-refractivity contribution in [3.8, 4) is 11.3 Å². The Morgan fingerprint density at radius 1 is 0.897 bits per heavy atom. The fraction of sp³-hybridized carbons (Fsp3) is 0.200. The highest BCUT2D eigenvalue weighted by molar-refractivity contribution is 5.94. The van der Waals surface area contributed by atoms with Crippen molar-refractivity contribution >= 4 is 22.6 Å². The van der Waals surface area contributed by atoms with Gasteiger partial charge in [-0.2, -0.15) is 0 Å². The fourth-order valence-electron chi connectivity index (χ4n) is 5.12. The van der Waals surface area contributed by atoms with E-state index in [2.05, 4.69) is 31.9 Å². The SMILES string of the molecule is NC(=O)c1cccc(Cn2cc(-c3cccc4c(=O)cc(N5CCOCC5)n(Cc5ccccc5)c34)nn2)c1. The largest absolute Gasteiger partial charge is 0.378 e. The summed E-state index contributed by atoms with van der Waals surface area (Å²) in [5.74, 6) is 0.391. The summed E-state index contributed by atoms with van der Waals surface area (Å²) in [6.45, 7) is 3.67. The molecule has 0 unspecified atom stereocenters. The monoisotopic (exact) mass is 520 g/mol. The fourth-order valence-corrected chi connectivity index (χ4v) is 5.12. The number of rotatable bonds is 7. The minimum atomic E-state index is -0.473. The number of fused-ring (bicyclic) bond motifs is 1. The zero-order chi connectivity index (χ0) is 26.8. The summed E-state index contributed by atoms with van der Waals surface area (Å²) in [5, 5.41) is 9.47. The molecule has 0 aliphatic carbocycles. The lowest BCUT2D eigenvalue weighted by atomic mass is 10.1. The Hall–Kier alpha value is -4.76. The van der Waals surface area contributed by atoms with Gasteiger partial charge in [0, 0.05) is 42.2 Å². The van der Waals surface area contributed by atoms with Gasteiger partial charge in [0.25, 0.3) is 0 Å². The van der Waals surface area contributed by atoms with Crippen molar-refractivity contribution in [2.24, 2.45) is 5.73 Å². The number of benzene rings is 3. The highest BCUT2D eigenvalue weighted by atomic mass is 16.5. The molecule has 9 nitrogen and oxygen atoms in total. The second kappa shape index (κ2) is 10.5. The van der Waals surface area contributed by atoms with E-state index in [0.717, 1.165) is 28.0 Å². The topological polar surface area (TPSA) is 108 Å². The molecule has 2 N–H and O–H groups in total. The average molecular weight is 521 g/mol. The van der Waals surface area contributed by atoms with Gasteiger partial charge in [-0.25, -0.2) is 4.68 Å². The molecule has 6 rings (SSSR count). The van der Waals surface area contributed by atoms with Crippen LogP contribution in [0.25, 0.3) is 22.2 Å². The van der Waals surface area contributed by atoms with Crippen molar-refractivity contribution in [2.45, 2.75) is 13.1 Å². The summed E-state index contributed by atoms with van der Waals surface area (Å²) in [5.41, 5.74) is 10.2. The van der Waals surface area contributed by atoms with Crippen LogP contribution in [-0.2, 0) is 17.8 Å². The van der Waals surface area contributed by atoms with Crippen LogP contribution in [0.4, 0.5) is 5.82 Å². The van der Waals surface area contributed by atoms with Crippen LogP contribution in [0.3, 0.4) is 0 Å². The normalized spacial score (nSPS) is 13.6. The van der Waals surface area contributed by atoms with Gasteiger partial charge in [-0.1, -0.05) is 59.8 Å². The van der Waals surface area contributed by atoms with Gasteiger partial charge >= 0.3 is 0 Å². The maximum Gasteiger partial charge on any atom is 0.248 e. The first-order valence-corrected chi connectivity index (χ1v) is 12.9. The van der Waals surface area contributed by atoms with Gasteiger partial charge in [-0.05, 0) is 29.3 Å². The number of amides is 1. The number of para-hydroxylation sites is 1. The highest BCUT2D eigenvalue weighted by Gasteiger charge is 2.21. The number of nitrogens with two attached hydrogens (primary N) is 1. The summed E-state index contributed by atoms with van der Waals surface area (Å²) in [6.07, 6.45) is 1.87. The molecule has 0 bridgehead atoms. The molecule has 9 heteroatoms. The van der Waals surface area contributed by atoms with E-state index in [1.54, 1.807) is 28.9 Å². The number of anilines is 1. The van der Waals surface area contributed by atoms with Gasteiger partial charge in [0.1, 0.15) is 11.5 Å². The molecule has 1 aliphatic heterocycles. The van der Waals surface area contributed by atoms with E-state index >= 15 is 0 Å². The van der Waals surface area contributed by atoms with Gasteiger partial charge < -0.3 is 19.9 Å². The van der Waals surface area contributed by atoms with Crippen LogP contribution in [-0.4, -0.2) is 51.8 Å². The number of carbonyl (C=O) groups excluding carboxylic acids is 1. The molecule has 1 amide bonds. The number of pyridine rings is 1. The van der Waals surface area contributed by atoms with Crippen molar-refractivity contribution in [2.75, 3.05) is 31.2 Å². The van der Waals surface area contributed by atoms with Gasteiger partial charge in [-0.15, -0.1) is 5.10 Å². The van der Waals surface area contributed by atoms with E-state index in [-0.39, 0.29) is 5.43 Å². The van der Waals surface area contributed by atoms with Crippen molar-refractivity contribution in [3.63, 3.8) is 0 Å². The van der Waals surface area contributed by atoms with Gasteiger partial charge in [0.15, 0.2) is 5.43 Å². The second-order valence-electron chi connectivity index (χ2n) is 9.61. The van der Waals surface area contributed by atoms with Crippen LogP contribution >= 0.6 is 0 Å². The minimum Gasteiger partial charge on any atom is -0.378 e. The Morgan fingerprint density at radius 3 is 2.46 bits per heavy atom. The van der Waals surface area contributed by atoms with Crippen molar-refractivity contribution < 1.29 is 9.53 Å². The highest BCUT2D eigenvalue weighted by Crippen LogP contribution is 2.30. The molecular weight excluding hydrogens is 492 g/mol. The molecule has 1 saturated heterocycles. The standard InChI is InChI=1S/C30H28N6O3/c31-30(38)23-9-4-8-22(16-23)18-35-20-26(32-33-35)24-10-5-11-25-27(37)17-28(34-12-14-39-15-13-34)36(29(24)25)19-21-6-2-1-3-7-21/h1-11,16-17,20H,12-15,18-19H2,(H2,31,38). The number of ether oxygens (including phenoxy) is 1. The number of hydrogen-bond donors (Lipinski definition) is 1. The third kappa shape index (κ3) is 5.04. The molecule has 1 aliphatic rings. The van der Waals surface area contributed by atoms with Gasteiger partial charge in [0.2, 0.25) is 5.91 Å². The third-order valence-corrected chi connectivity index (χ3v) is 7.00. The summed E-state index contributed by atoms with van der Waals surface area (Å²) < 4.78 is 9.52. The van der Waals surface area contributed by atoms with Crippen molar-refractivity contribution in [1.29, 1.82) is 0 Å². The van der Waals surface area contributed by atoms with Gasteiger partial charge in [0.05, 0.1) is 31.5 Å². The van der Waals surface area contributed by atoms with Crippen LogP contribution in [0.15, 0.2) is 89.9 Å². The molecule has 39 heavy (non-hydrogen) atoms. The second-order valence-corrected chi connectivity index (χ2v) is 9.61. The summed E-state index contributed by atoms with van der Waals surface area (Å²) >= 11 is 0. The molecule has 0 spiro atoms. The predicted octanol–water partition coefficient (Wildman–Crippen LogP) is 3.29. The Labute approximate surface area is 225 Å². The van der Waals surface area contributed by atoms with E-state index in [4.69, 9.17) is 10.5 Å². The maximum absolute atomic E-state index is 13.4. The summed E-state index contributed by atoms with van der Waals surface area (Å²) in [6, 6.07) is 24.9. The minimum absolute atomic E-state index is 0.0340. The molecule has 3 aromatic carbocycles. The molecule has 0 saturated carbocycles. The molecule has 0 atom stereocenters. The van der Waals surface area contributed by atoms with E-state index < -0.39 is 5.91 Å². The van der Waals surface area contributed by atoms with E-state index in [0.29, 0.717) is 56.0 Å². The van der Waals surface area contributed by atoms with E-state index in [9.17, 15) is 9.59 Å². The first-order chi connectivity index (χ1) is 19.1. The zero-order valence-electron chi connectivity index (χ0n) is 21.4. The Morgan fingerprint density at radius 2 is 1.67 bits per heavy atom. The summed E-state index contributed by atoms with van der Waals surface area (Å²) in [4.78, 5) is 27.2. The Bertz CT molecular complexity index is 1700. The molecule has 0 radical (unpaired) electrons. The van der Waals surface area contributed by atoms with Gasteiger partial charge in [-0.3, -0.25) is 9.59 Å². The molecule has 196 valence electrons. The van der Waals surface area contributed by atoms with Crippen LogP contribution in [0, 0.1) is 0 Å². The average Bonchev–Trinajstić information content (AvgIpc) is 3.43. The number of nitrogens with zero attached hydrogens (tertiary/aromatic N) is 5. The number of aromatic nitrogens is 4. The lowest BCUT2D eigenvalue weighted by molar-refractivity contribution is 0.1000. The first-order valence-electron chi connectivity index (χ1n) is 12.9. The molecule has 2 aromatic heterocycles. The maximum atomic E-state index is 13.4. The van der Waals surface area contributed by atoms with E-state index in [1.165, 1.54) is 0 Å². The number of morpholine rings is 1. The summed E-state index contributed by atoms with van der Waals surface area (Å²) in [7, 11) is 0. The van der Waals surface area contributed by atoms with Crippen LogP contribution in [0.1, 0.15) is 21.5 Å². The molecular formula is C30H28N6O3. The lowest BCUT2D eigenvalue weighted by Gasteiger charge is -2.32. The number of carbonyl (C=O) groups is 1. The Balaban J connectivity index is 1.47. The Kier molecular flexibility index (Phi) is 6.64. The lowest BCUT2D eigenvalue weighted by Crippen LogP contribution is -2.38.